The fourth-order valence-corrected chi connectivity index (χ4v) is 2.08. The summed E-state index contributed by atoms with van der Waals surface area (Å²) in [4.78, 5) is 28.3. The summed E-state index contributed by atoms with van der Waals surface area (Å²) < 4.78 is 0. The molecular weight excluding hydrogens is 270 g/mol. The van der Waals surface area contributed by atoms with Gasteiger partial charge >= 0.3 is 12.0 Å². The average Bonchev–Trinajstić information content (AvgIpc) is 2.41. The first-order valence-corrected chi connectivity index (χ1v) is 6.34. The van der Waals surface area contributed by atoms with E-state index in [1.54, 1.807) is 17.0 Å². The molecule has 0 atom stereocenters. The second-order valence-electron chi connectivity index (χ2n) is 4.39. The lowest BCUT2D eigenvalue weighted by Crippen LogP contribution is -2.42. The highest BCUT2D eigenvalue weighted by Crippen LogP contribution is 2.18. The van der Waals surface area contributed by atoms with Gasteiger partial charge in [0.05, 0.1) is 10.9 Å². The number of carbonyl (C=O) groups is 2. The zero-order valence-corrected chi connectivity index (χ0v) is 10.9. The van der Waals surface area contributed by atoms with Crippen LogP contribution in [0.1, 0.15) is 12.8 Å². The van der Waals surface area contributed by atoms with Gasteiger partial charge in [0, 0.05) is 19.3 Å². The lowest BCUT2D eigenvalue weighted by atomic mass is 9.97. The second-order valence-corrected chi connectivity index (χ2v) is 4.83. The maximum absolute atomic E-state index is 11.9. The summed E-state index contributed by atoms with van der Waals surface area (Å²) in [5, 5.41) is 12.0. The average molecular weight is 284 g/mol. The van der Waals surface area contributed by atoms with Crippen LogP contribution in [0.5, 0.6) is 0 Å². The van der Waals surface area contributed by atoms with Gasteiger partial charge in [-0.15, -0.1) is 0 Å². The van der Waals surface area contributed by atoms with Crippen molar-refractivity contribution in [2.24, 2.45) is 5.92 Å². The van der Waals surface area contributed by atoms with E-state index < -0.39 is 5.97 Å². The smallest absolute Gasteiger partial charge is 0.323 e. The Morgan fingerprint density at radius 2 is 2.05 bits per heavy atom. The molecule has 102 valence electrons. The van der Waals surface area contributed by atoms with Crippen LogP contribution in [-0.2, 0) is 4.79 Å². The normalized spacial score (nSPS) is 16.2. The molecule has 1 aromatic heterocycles. The minimum absolute atomic E-state index is 0.265. The van der Waals surface area contributed by atoms with Crippen LogP contribution in [0.3, 0.4) is 0 Å². The van der Waals surface area contributed by atoms with E-state index in [1.807, 2.05) is 0 Å². The molecule has 7 heteroatoms. The number of nitrogens with zero attached hydrogens (tertiary/aromatic N) is 2. The number of anilines is 1. The lowest BCUT2D eigenvalue weighted by molar-refractivity contribution is -0.143. The number of rotatable bonds is 2. The van der Waals surface area contributed by atoms with E-state index >= 15 is 0 Å². The van der Waals surface area contributed by atoms with Crippen molar-refractivity contribution in [1.29, 1.82) is 0 Å². The molecule has 1 saturated heterocycles. The molecule has 2 rings (SSSR count). The highest BCUT2D eigenvalue weighted by atomic mass is 35.5. The van der Waals surface area contributed by atoms with Crippen molar-refractivity contribution in [3.8, 4) is 0 Å². The number of carboxylic acid groups (broad SMARTS) is 1. The van der Waals surface area contributed by atoms with Crippen LogP contribution in [0.15, 0.2) is 18.3 Å². The highest BCUT2D eigenvalue weighted by Gasteiger charge is 2.26. The van der Waals surface area contributed by atoms with Gasteiger partial charge in [-0.1, -0.05) is 11.6 Å². The third kappa shape index (κ3) is 3.57. The first-order valence-electron chi connectivity index (χ1n) is 5.96. The maximum Gasteiger partial charge on any atom is 0.323 e. The molecule has 1 fully saturated rings. The number of halogens is 1. The van der Waals surface area contributed by atoms with Crippen LogP contribution >= 0.6 is 11.6 Å². The minimum Gasteiger partial charge on any atom is -0.481 e. The number of carboxylic acids is 1. The van der Waals surface area contributed by atoms with Gasteiger partial charge in [-0.3, -0.25) is 10.1 Å². The van der Waals surface area contributed by atoms with Gasteiger partial charge in [0.1, 0.15) is 5.82 Å². The van der Waals surface area contributed by atoms with Crippen LogP contribution in [0, 0.1) is 5.92 Å². The van der Waals surface area contributed by atoms with Crippen molar-refractivity contribution in [3.63, 3.8) is 0 Å². The standard InChI is InChI=1S/C12H14ClN3O3/c13-9-1-2-10(14-7-9)15-12(19)16-5-3-8(4-6-16)11(17)18/h1-2,7-8H,3-6H2,(H,17,18)(H,14,15,19). The van der Waals surface area contributed by atoms with Crippen molar-refractivity contribution in [2.75, 3.05) is 18.4 Å². The van der Waals surface area contributed by atoms with Crippen molar-refractivity contribution < 1.29 is 14.7 Å². The summed E-state index contributed by atoms with van der Waals surface area (Å²) in [6.07, 6.45) is 2.42. The lowest BCUT2D eigenvalue weighted by Gasteiger charge is -2.29. The fraction of sp³-hybridized carbons (Fsp3) is 0.417. The number of likely N-dealkylation sites (tertiary alicyclic amines) is 1. The van der Waals surface area contributed by atoms with E-state index in [1.165, 1.54) is 6.20 Å². The topological polar surface area (TPSA) is 82.5 Å². The Morgan fingerprint density at radius 1 is 1.37 bits per heavy atom. The summed E-state index contributed by atoms with van der Waals surface area (Å²) in [5.41, 5.74) is 0. The van der Waals surface area contributed by atoms with Gasteiger partial charge in [0.2, 0.25) is 0 Å². The highest BCUT2D eigenvalue weighted by molar-refractivity contribution is 6.30. The van der Waals surface area contributed by atoms with E-state index in [9.17, 15) is 9.59 Å². The molecule has 0 aliphatic carbocycles. The van der Waals surface area contributed by atoms with Crippen molar-refractivity contribution in [1.82, 2.24) is 9.88 Å². The van der Waals surface area contributed by atoms with Gasteiger partial charge in [0.15, 0.2) is 0 Å². The number of hydrogen-bond acceptors (Lipinski definition) is 3. The number of pyridine rings is 1. The SMILES string of the molecule is O=C(O)C1CCN(C(=O)Nc2ccc(Cl)cn2)CC1. The minimum atomic E-state index is -0.792. The molecule has 0 unspecified atom stereocenters. The summed E-state index contributed by atoms with van der Waals surface area (Å²) in [6, 6.07) is 2.99. The molecular formula is C12H14ClN3O3. The number of carbonyl (C=O) groups excluding carboxylic acids is 1. The number of nitrogens with one attached hydrogen (secondary N) is 1. The first kappa shape index (κ1) is 13.6. The number of amides is 2. The predicted octanol–water partition coefficient (Wildman–Crippen LogP) is 2.06. The molecule has 2 N–H and O–H groups in total. The molecule has 0 aromatic carbocycles. The summed E-state index contributed by atoms with van der Waals surface area (Å²) >= 11 is 5.70. The van der Waals surface area contributed by atoms with Crippen LogP contribution in [0.4, 0.5) is 10.6 Å². The molecule has 0 bridgehead atoms. The summed E-state index contributed by atoms with van der Waals surface area (Å²) in [6.45, 7) is 0.882. The molecule has 1 aromatic rings. The van der Waals surface area contributed by atoms with Gasteiger partial charge in [-0.05, 0) is 25.0 Å². The van der Waals surface area contributed by atoms with Gasteiger partial charge < -0.3 is 10.0 Å². The van der Waals surface area contributed by atoms with Crippen LogP contribution in [-0.4, -0.2) is 40.1 Å². The third-order valence-electron chi connectivity index (χ3n) is 3.09. The molecule has 1 aliphatic heterocycles. The maximum atomic E-state index is 11.9. The van der Waals surface area contributed by atoms with Gasteiger partial charge in [-0.2, -0.15) is 0 Å². The molecule has 0 saturated carbocycles. The van der Waals surface area contributed by atoms with Gasteiger partial charge in [0.25, 0.3) is 0 Å². The number of piperidine rings is 1. The third-order valence-corrected chi connectivity index (χ3v) is 3.32. The quantitative estimate of drug-likeness (QED) is 0.870. The zero-order valence-electron chi connectivity index (χ0n) is 10.2. The van der Waals surface area contributed by atoms with Crippen LogP contribution in [0.2, 0.25) is 5.02 Å². The Morgan fingerprint density at radius 3 is 2.58 bits per heavy atom. The second kappa shape index (κ2) is 5.88. The van der Waals surface area contributed by atoms with Gasteiger partial charge in [-0.25, -0.2) is 9.78 Å². The molecule has 2 heterocycles. The van der Waals surface area contributed by atoms with E-state index in [-0.39, 0.29) is 11.9 Å². The number of aliphatic carboxylic acids is 1. The molecule has 2 amide bonds. The van der Waals surface area contributed by atoms with E-state index in [2.05, 4.69) is 10.3 Å². The van der Waals surface area contributed by atoms with Crippen LogP contribution < -0.4 is 5.32 Å². The van der Waals surface area contributed by atoms with Crippen LogP contribution in [0.25, 0.3) is 0 Å². The first-order chi connectivity index (χ1) is 9.06. The van der Waals surface area contributed by atoms with E-state index in [0.29, 0.717) is 36.8 Å². The monoisotopic (exact) mass is 283 g/mol. The Bertz CT molecular complexity index is 470. The Balaban J connectivity index is 1.88. The van der Waals surface area contributed by atoms with Crippen molar-refractivity contribution >= 4 is 29.4 Å². The van der Waals surface area contributed by atoms with E-state index in [4.69, 9.17) is 16.7 Å². The number of hydrogen-bond donors (Lipinski definition) is 2. The Labute approximate surface area is 115 Å². The zero-order chi connectivity index (χ0) is 13.8. The molecule has 1 aliphatic rings. The number of urea groups is 1. The Hall–Kier alpha value is -1.82. The van der Waals surface area contributed by atoms with E-state index in [0.717, 1.165) is 0 Å². The Kier molecular flexibility index (Phi) is 4.21. The molecule has 0 spiro atoms. The largest absolute Gasteiger partial charge is 0.481 e. The summed E-state index contributed by atoms with van der Waals surface area (Å²) in [7, 11) is 0. The molecule has 6 nitrogen and oxygen atoms in total. The number of aromatic nitrogens is 1. The van der Waals surface area contributed by atoms with Crippen molar-refractivity contribution in [2.45, 2.75) is 12.8 Å². The predicted molar refractivity (Wildman–Crippen MR) is 70.2 cm³/mol. The molecule has 0 radical (unpaired) electrons. The van der Waals surface area contributed by atoms with Crippen molar-refractivity contribution in [3.05, 3.63) is 23.4 Å². The molecule has 19 heavy (non-hydrogen) atoms. The fourth-order valence-electron chi connectivity index (χ4n) is 1.97. The summed E-state index contributed by atoms with van der Waals surface area (Å²) in [5.74, 6) is -0.716.